The fourth-order valence-corrected chi connectivity index (χ4v) is 5.02. The van der Waals surface area contributed by atoms with Gasteiger partial charge in [0.05, 0.1) is 11.5 Å². The van der Waals surface area contributed by atoms with Crippen molar-refractivity contribution in [3.63, 3.8) is 0 Å². The Hall–Kier alpha value is -2.74. The molecule has 5 nitrogen and oxygen atoms in total. The molecule has 1 unspecified atom stereocenters. The van der Waals surface area contributed by atoms with Gasteiger partial charge >= 0.3 is 0 Å². The summed E-state index contributed by atoms with van der Waals surface area (Å²) in [4.78, 5) is 21.3. The highest BCUT2D eigenvalue weighted by atomic mass is 32.2. The molecule has 0 amide bonds. The number of hydrogen-bond donors (Lipinski definition) is 1. The average Bonchev–Trinajstić information content (AvgIpc) is 3.22. The number of thiophene rings is 1. The molecule has 4 rings (SSSR count). The van der Waals surface area contributed by atoms with Crippen LogP contribution in [-0.2, 0) is 0 Å². The molecule has 7 heteroatoms. The zero-order chi connectivity index (χ0) is 21.8. The summed E-state index contributed by atoms with van der Waals surface area (Å²) in [6.07, 6.45) is 0.883. The molecule has 158 valence electrons. The number of aromatic nitrogens is 2. The maximum atomic E-state index is 11.5. The zero-order valence-electron chi connectivity index (χ0n) is 17.2. The van der Waals surface area contributed by atoms with Crippen LogP contribution in [0.2, 0.25) is 0 Å². The van der Waals surface area contributed by atoms with E-state index in [1.165, 1.54) is 24.2 Å². The molecule has 2 aromatic carbocycles. The van der Waals surface area contributed by atoms with E-state index in [0.717, 1.165) is 26.4 Å². The number of Topliss-reactive ketones (excluding diaryl/α,β-unsaturated/α-hetero) is 1. The summed E-state index contributed by atoms with van der Waals surface area (Å²) in [6.45, 7) is 3.72. The first-order chi connectivity index (χ1) is 15.0. The van der Waals surface area contributed by atoms with E-state index in [4.69, 9.17) is 4.74 Å². The normalized spacial score (nSPS) is 12.1. The van der Waals surface area contributed by atoms with Crippen molar-refractivity contribution in [2.24, 2.45) is 0 Å². The van der Waals surface area contributed by atoms with Gasteiger partial charge in [-0.2, -0.15) is 0 Å². The van der Waals surface area contributed by atoms with E-state index in [-0.39, 0.29) is 12.4 Å². The highest BCUT2D eigenvalue weighted by Gasteiger charge is 2.15. The first-order valence-electron chi connectivity index (χ1n) is 9.85. The Morgan fingerprint density at radius 3 is 2.77 bits per heavy atom. The number of rotatable bonds is 8. The van der Waals surface area contributed by atoms with Crippen LogP contribution in [0.5, 0.6) is 5.75 Å². The van der Waals surface area contributed by atoms with Gasteiger partial charge in [-0.05, 0) is 31.5 Å². The molecule has 0 aliphatic carbocycles. The minimum Gasteiger partial charge on any atom is -0.491 e. The fourth-order valence-electron chi connectivity index (χ4n) is 3.12. The maximum absolute atomic E-state index is 11.5. The van der Waals surface area contributed by atoms with Gasteiger partial charge in [0, 0.05) is 22.3 Å². The third-order valence-corrected chi connectivity index (χ3v) is 6.81. The van der Waals surface area contributed by atoms with Crippen molar-refractivity contribution < 1.29 is 14.6 Å². The van der Waals surface area contributed by atoms with Crippen molar-refractivity contribution in [1.82, 2.24) is 9.97 Å². The quantitative estimate of drug-likeness (QED) is 0.220. The van der Waals surface area contributed by atoms with Gasteiger partial charge in [0.2, 0.25) is 0 Å². The van der Waals surface area contributed by atoms with Crippen LogP contribution in [0.4, 0.5) is 0 Å². The molecule has 0 saturated heterocycles. The number of carbonyl (C=O) groups is 1. The number of thioether (sulfide) groups is 1. The molecule has 0 saturated carbocycles. The molecule has 4 aromatic rings. The zero-order valence-corrected chi connectivity index (χ0v) is 18.9. The van der Waals surface area contributed by atoms with Crippen molar-refractivity contribution in [2.45, 2.75) is 25.0 Å². The van der Waals surface area contributed by atoms with Crippen LogP contribution < -0.4 is 4.74 Å². The summed E-state index contributed by atoms with van der Waals surface area (Å²) < 4.78 is 5.68. The Labute approximate surface area is 189 Å². The lowest BCUT2D eigenvalue weighted by molar-refractivity contribution is 0.101. The number of aryl methyl sites for hydroxylation is 1. The van der Waals surface area contributed by atoms with E-state index in [1.807, 2.05) is 0 Å². The summed E-state index contributed by atoms with van der Waals surface area (Å²) in [5.74, 6) is 0.983. The number of aliphatic hydroxyl groups excluding tert-OH is 1. The predicted molar refractivity (Wildman–Crippen MR) is 126 cm³/mol. The van der Waals surface area contributed by atoms with Crippen molar-refractivity contribution in [1.29, 1.82) is 0 Å². The summed E-state index contributed by atoms with van der Waals surface area (Å²) in [5.41, 5.74) is 4.04. The molecular formula is C24H22N2O3S2. The van der Waals surface area contributed by atoms with E-state index in [1.54, 1.807) is 41.9 Å². The number of nitrogens with zero attached hydrogens (tertiary/aromatic N) is 2. The monoisotopic (exact) mass is 450 g/mol. The molecule has 0 spiro atoms. The Morgan fingerprint density at radius 2 is 2.00 bits per heavy atom. The Kier molecular flexibility index (Phi) is 6.65. The molecule has 1 atom stereocenters. The molecule has 0 aliphatic heterocycles. The molecule has 1 N–H and O–H groups in total. The van der Waals surface area contributed by atoms with Crippen molar-refractivity contribution >= 4 is 39.1 Å². The molecule has 31 heavy (non-hydrogen) atoms. The number of benzene rings is 2. The minimum atomic E-state index is -0.683. The van der Waals surface area contributed by atoms with E-state index in [9.17, 15) is 9.90 Å². The van der Waals surface area contributed by atoms with Gasteiger partial charge < -0.3 is 9.84 Å². The second-order valence-corrected chi connectivity index (χ2v) is 9.10. The highest BCUT2D eigenvalue weighted by Crippen LogP contribution is 2.38. The first kappa shape index (κ1) is 21.5. The molecule has 0 aliphatic rings. The molecule has 0 bridgehead atoms. The van der Waals surface area contributed by atoms with Gasteiger partial charge in [0.15, 0.2) is 5.78 Å². The van der Waals surface area contributed by atoms with Crippen LogP contribution in [0.15, 0.2) is 65.3 Å². The predicted octanol–water partition coefficient (Wildman–Crippen LogP) is 5.40. The van der Waals surface area contributed by atoms with E-state index < -0.39 is 6.10 Å². The molecular weight excluding hydrogens is 428 g/mol. The molecule has 0 fully saturated rings. The second-order valence-electron chi connectivity index (χ2n) is 7.23. The summed E-state index contributed by atoms with van der Waals surface area (Å²) in [6, 6.07) is 15.4. The Bertz CT molecular complexity index is 1210. The summed E-state index contributed by atoms with van der Waals surface area (Å²) >= 11 is 3.08. The van der Waals surface area contributed by atoms with E-state index in [2.05, 4.69) is 46.5 Å². The van der Waals surface area contributed by atoms with Gasteiger partial charge in [0.25, 0.3) is 0 Å². The van der Waals surface area contributed by atoms with Crippen LogP contribution in [0.25, 0.3) is 21.3 Å². The van der Waals surface area contributed by atoms with Gasteiger partial charge in [-0.1, -0.05) is 42.0 Å². The maximum Gasteiger partial charge on any atom is 0.159 e. The van der Waals surface area contributed by atoms with Gasteiger partial charge in [-0.15, -0.1) is 23.1 Å². The summed E-state index contributed by atoms with van der Waals surface area (Å²) in [7, 11) is 0. The van der Waals surface area contributed by atoms with Crippen molar-refractivity contribution in [3.8, 4) is 16.9 Å². The number of ketones is 1. The minimum absolute atomic E-state index is 0.0190. The fraction of sp³-hybridized carbons (Fsp3) is 0.208. The largest absolute Gasteiger partial charge is 0.491 e. The Balaban J connectivity index is 1.45. The summed E-state index contributed by atoms with van der Waals surface area (Å²) in [5, 5.41) is 14.4. The SMILES string of the molecule is CC(=O)c1cccc(OCC(O)CSc2ncnc3scc(-c4ccc(C)cc4)c23)c1. The van der Waals surface area contributed by atoms with Crippen LogP contribution in [0.3, 0.4) is 0 Å². The molecule has 2 heterocycles. The van der Waals surface area contributed by atoms with Crippen molar-refractivity contribution in [3.05, 3.63) is 71.4 Å². The van der Waals surface area contributed by atoms with Crippen LogP contribution >= 0.6 is 23.1 Å². The van der Waals surface area contributed by atoms with E-state index in [0.29, 0.717) is 17.1 Å². The van der Waals surface area contributed by atoms with Crippen LogP contribution in [0.1, 0.15) is 22.8 Å². The van der Waals surface area contributed by atoms with Crippen molar-refractivity contribution in [2.75, 3.05) is 12.4 Å². The molecule has 2 aromatic heterocycles. The standard InChI is InChI=1S/C24H22N2O3S2/c1-15-6-8-17(9-7-15)21-13-31-24-22(21)23(25-14-26-24)30-12-19(28)11-29-20-5-3-4-18(10-20)16(2)27/h3-10,13-14,19,28H,11-12H2,1-2H3. The highest BCUT2D eigenvalue weighted by molar-refractivity contribution is 7.99. The van der Waals surface area contributed by atoms with E-state index >= 15 is 0 Å². The topological polar surface area (TPSA) is 72.3 Å². The van der Waals surface area contributed by atoms with Gasteiger partial charge in [-0.25, -0.2) is 9.97 Å². The number of carbonyl (C=O) groups excluding carboxylic acids is 1. The first-order valence-corrected chi connectivity index (χ1v) is 11.7. The number of ether oxygens (including phenoxy) is 1. The van der Waals surface area contributed by atoms with Crippen LogP contribution in [-0.4, -0.2) is 39.3 Å². The third-order valence-electron chi connectivity index (χ3n) is 4.79. The third kappa shape index (κ3) is 5.12. The lowest BCUT2D eigenvalue weighted by atomic mass is 10.1. The van der Waals surface area contributed by atoms with Gasteiger partial charge in [-0.3, -0.25) is 4.79 Å². The lowest BCUT2D eigenvalue weighted by Gasteiger charge is -2.13. The smallest absolute Gasteiger partial charge is 0.159 e. The number of fused-ring (bicyclic) bond motifs is 1. The number of hydrogen-bond acceptors (Lipinski definition) is 7. The Morgan fingerprint density at radius 1 is 1.19 bits per heavy atom. The van der Waals surface area contributed by atoms with Gasteiger partial charge in [0.1, 0.15) is 28.5 Å². The second kappa shape index (κ2) is 9.60. The lowest BCUT2D eigenvalue weighted by Crippen LogP contribution is -2.20. The number of aliphatic hydroxyl groups is 1. The van der Waals surface area contributed by atoms with Crippen LogP contribution in [0, 0.1) is 6.92 Å². The molecule has 0 radical (unpaired) electrons. The average molecular weight is 451 g/mol.